The Hall–Kier alpha value is -3.73. The Bertz CT molecular complexity index is 1280. The van der Waals surface area contributed by atoms with Crippen molar-refractivity contribution in [2.45, 2.75) is 33.3 Å². The zero-order chi connectivity index (χ0) is 28.5. The fourth-order valence-electron chi connectivity index (χ4n) is 4.14. The second-order valence-electron chi connectivity index (χ2n) is 10.2. The number of nitrogens with zero attached hydrogens (tertiary/aromatic N) is 3. The monoisotopic (exact) mass is 551 g/mol. The molecule has 1 aliphatic rings. The van der Waals surface area contributed by atoms with Crippen LogP contribution in [-0.2, 0) is 18.9 Å². The molecule has 1 saturated heterocycles. The molecule has 0 aliphatic carbocycles. The molecule has 0 bridgehead atoms. The van der Waals surface area contributed by atoms with Crippen molar-refractivity contribution in [3.05, 3.63) is 65.9 Å². The molecular weight excluding hydrogens is 514 g/mol. The fraction of sp³-hybridized carbons (Fsp3) is 0.433. The van der Waals surface area contributed by atoms with Gasteiger partial charge in [-0.2, -0.15) is 5.10 Å². The molecule has 1 aromatic heterocycles. The largest absolute Gasteiger partial charge is 0.476 e. The number of benzene rings is 2. The number of ether oxygens (including phenoxy) is 5. The summed E-state index contributed by atoms with van der Waals surface area (Å²) in [6, 6.07) is 14.7. The zero-order valence-corrected chi connectivity index (χ0v) is 23.6. The number of esters is 2. The van der Waals surface area contributed by atoms with E-state index in [-0.39, 0.29) is 19.0 Å². The van der Waals surface area contributed by atoms with Crippen LogP contribution >= 0.6 is 0 Å². The second kappa shape index (κ2) is 13.6. The summed E-state index contributed by atoms with van der Waals surface area (Å²) in [7, 11) is 0. The van der Waals surface area contributed by atoms with Gasteiger partial charge in [0.15, 0.2) is 6.79 Å². The molecule has 0 atom stereocenters. The maximum Gasteiger partial charge on any atom is 0.345 e. The Morgan fingerprint density at radius 1 is 0.950 bits per heavy atom. The smallest absolute Gasteiger partial charge is 0.345 e. The van der Waals surface area contributed by atoms with Crippen LogP contribution in [0.1, 0.15) is 48.4 Å². The van der Waals surface area contributed by atoms with Crippen molar-refractivity contribution < 1.29 is 33.3 Å². The summed E-state index contributed by atoms with van der Waals surface area (Å²) < 4.78 is 29.2. The molecule has 1 aliphatic heterocycles. The average molecular weight is 552 g/mol. The summed E-state index contributed by atoms with van der Waals surface area (Å²) in [5.41, 5.74) is 2.52. The highest BCUT2D eigenvalue weighted by Crippen LogP contribution is 2.28. The van der Waals surface area contributed by atoms with Crippen molar-refractivity contribution in [3.63, 3.8) is 0 Å². The van der Waals surface area contributed by atoms with E-state index >= 15 is 0 Å². The van der Waals surface area contributed by atoms with E-state index in [2.05, 4.69) is 10.00 Å². The van der Waals surface area contributed by atoms with Crippen LogP contribution in [-0.4, -0.2) is 85.1 Å². The Kier molecular flexibility index (Phi) is 9.92. The maximum atomic E-state index is 12.8. The molecule has 1 fully saturated rings. The van der Waals surface area contributed by atoms with Crippen LogP contribution in [0.4, 0.5) is 0 Å². The predicted octanol–water partition coefficient (Wildman–Crippen LogP) is 4.36. The zero-order valence-electron chi connectivity index (χ0n) is 23.6. The summed E-state index contributed by atoms with van der Waals surface area (Å²) in [5, 5.41) is 4.43. The predicted molar refractivity (Wildman–Crippen MR) is 149 cm³/mol. The van der Waals surface area contributed by atoms with E-state index in [1.54, 1.807) is 23.7 Å². The van der Waals surface area contributed by atoms with E-state index in [1.165, 1.54) is 6.20 Å². The molecule has 0 amide bonds. The number of rotatable bonds is 11. The van der Waals surface area contributed by atoms with Gasteiger partial charge >= 0.3 is 11.9 Å². The maximum absolute atomic E-state index is 12.8. The van der Waals surface area contributed by atoms with Gasteiger partial charge in [0.25, 0.3) is 0 Å². The number of aromatic nitrogens is 2. The minimum absolute atomic E-state index is 0.133. The summed E-state index contributed by atoms with van der Waals surface area (Å²) in [6.45, 7) is 11.7. The van der Waals surface area contributed by atoms with Crippen molar-refractivity contribution in [2.24, 2.45) is 0 Å². The van der Waals surface area contributed by atoms with E-state index in [9.17, 15) is 9.59 Å². The third kappa shape index (κ3) is 7.68. The summed E-state index contributed by atoms with van der Waals surface area (Å²) in [4.78, 5) is 27.7. The third-order valence-corrected chi connectivity index (χ3v) is 6.22. The molecule has 40 heavy (non-hydrogen) atoms. The average Bonchev–Trinajstić information content (AvgIpc) is 3.37. The van der Waals surface area contributed by atoms with Gasteiger partial charge < -0.3 is 23.7 Å². The molecule has 0 spiro atoms. The quantitative estimate of drug-likeness (QED) is 0.254. The standard InChI is InChI=1S/C30H37N3O7/c1-5-37-29(35)26-20-31-33(27(26)38-19-16-32-14-17-36-18-15-32)23-12-10-22(11-13-23)24-8-6-7-9-25(24)28(34)39-21-40-30(2,3)4/h6-13,20H,5,14-19,21H2,1-4H3. The molecule has 10 nitrogen and oxygen atoms in total. The summed E-state index contributed by atoms with van der Waals surface area (Å²) in [6.07, 6.45) is 1.46. The Labute approximate surface area is 234 Å². The van der Waals surface area contributed by atoms with Crippen molar-refractivity contribution >= 4 is 11.9 Å². The number of carbonyl (C=O) groups excluding carboxylic acids is 2. The molecule has 0 unspecified atom stereocenters. The fourth-order valence-corrected chi connectivity index (χ4v) is 4.14. The van der Waals surface area contributed by atoms with E-state index < -0.39 is 17.5 Å². The summed E-state index contributed by atoms with van der Waals surface area (Å²) in [5.74, 6) is -0.636. The van der Waals surface area contributed by atoms with E-state index in [4.69, 9.17) is 23.7 Å². The van der Waals surface area contributed by atoms with Crippen LogP contribution in [0.3, 0.4) is 0 Å². The van der Waals surface area contributed by atoms with Gasteiger partial charge in [0.1, 0.15) is 12.2 Å². The molecule has 4 rings (SSSR count). The molecule has 0 radical (unpaired) electrons. The van der Waals surface area contributed by atoms with Gasteiger partial charge in [-0.3, -0.25) is 4.90 Å². The normalized spacial score (nSPS) is 14.1. The highest BCUT2D eigenvalue weighted by Gasteiger charge is 2.22. The van der Waals surface area contributed by atoms with Crippen LogP contribution in [0.15, 0.2) is 54.7 Å². The van der Waals surface area contributed by atoms with Crippen molar-refractivity contribution in [1.82, 2.24) is 14.7 Å². The molecule has 0 saturated carbocycles. The van der Waals surface area contributed by atoms with Crippen LogP contribution in [0.5, 0.6) is 5.88 Å². The molecule has 10 heteroatoms. The number of carbonyl (C=O) groups is 2. The van der Waals surface area contributed by atoms with Crippen LogP contribution < -0.4 is 4.74 Å². The molecule has 2 heterocycles. The lowest BCUT2D eigenvalue weighted by molar-refractivity contribution is -0.0964. The van der Waals surface area contributed by atoms with E-state index in [0.29, 0.717) is 43.5 Å². The van der Waals surface area contributed by atoms with E-state index in [0.717, 1.165) is 24.2 Å². The van der Waals surface area contributed by atoms with Gasteiger partial charge in [-0.05, 0) is 57.0 Å². The molecule has 2 aromatic carbocycles. The van der Waals surface area contributed by atoms with Crippen molar-refractivity contribution in [1.29, 1.82) is 0 Å². The topological polar surface area (TPSA) is 101 Å². The molecule has 3 aromatic rings. The Morgan fingerprint density at radius 2 is 1.65 bits per heavy atom. The minimum Gasteiger partial charge on any atom is -0.476 e. The third-order valence-electron chi connectivity index (χ3n) is 6.22. The van der Waals surface area contributed by atoms with Crippen LogP contribution in [0.25, 0.3) is 16.8 Å². The molecule has 0 N–H and O–H groups in total. The first-order valence-electron chi connectivity index (χ1n) is 13.5. The molecular formula is C30H37N3O7. The first kappa shape index (κ1) is 29.3. The van der Waals surface area contributed by atoms with Crippen molar-refractivity contribution in [2.75, 3.05) is 52.9 Å². The SMILES string of the molecule is CCOC(=O)c1cnn(-c2ccc(-c3ccccc3C(=O)OCOC(C)(C)C)cc2)c1OCCN1CCOCC1. The van der Waals surface area contributed by atoms with Gasteiger partial charge in [0.2, 0.25) is 5.88 Å². The lowest BCUT2D eigenvalue weighted by atomic mass is 9.99. The van der Waals surface area contributed by atoms with Gasteiger partial charge in [-0.1, -0.05) is 30.3 Å². The van der Waals surface area contributed by atoms with Gasteiger partial charge in [-0.15, -0.1) is 0 Å². The lowest BCUT2D eigenvalue weighted by Crippen LogP contribution is -2.38. The lowest BCUT2D eigenvalue weighted by Gasteiger charge is -2.26. The Morgan fingerprint density at radius 3 is 2.35 bits per heavy atom. The van der Waals surface area contributed by atoms with Crippen molar-refractivity contribution in [3.8, 4) is 22.7 Å². The van der Waals surface area contributed by atoms with E-state index in [1.807, 2.05) is 57.2 Å². The van der Waals surface area contributed by atoms with Gasteiger partial charge in [0, 0.05) is 19.6 Å². The number of hydrogen-bond donors (Lipinski definition) is 0. The first-order chi connectivity index (χ1) is 19.3. The van der Waals surface area contributed by atoms with Crippen LogP contribution in [0.2, 0.25) is 0 Å². The van der Waals surface area contributed by atoms with Crippen LogP contribution in [0, 0.1) is 0 Å². The van der Waals surface area contributed by atoms with Gasteiger partial charge in [-0.25, -0.2) is 14.3 Å². The highest BCUT2D eigenvalue weighted by molar-refractivity contribution is 5.97. The number of morpholine rings is 1. The summed E-state index contributed by atoms with van der Waals surface area (Å²) >= 11 is 0. The minimum atomic E-state index is -0.491. The number of hydrogen-bond acceptors (Lipinski definition) is 9. The Balaban J connectivity index is 1.53. The second-order valence-corrected chi connectivity index (χ2v) is 10.2. The highest BCUT2D eigenvalue weighted by atomic mass is 16.7. The van der Waals surface area contributed by atoms with Gasteiger partial charge in [0.05, 0.1) is 42.9 Å². The first-order valence-corrected chi connectivity index (χ1v) is 13.5. The molecule has 214 valence electrons.